The Morgan fingerprint density at radius 3 is 1.65 bits per heavy atom. The van der Waals surface area contributed by atoms with Crippen LogP contribution in [0.1, 0.15) is 106 Å². The lowest BCUT2D eigenvalue weighted by molar-refractivity contribution is -0.395. The lowest BCUT2D eigenvalue weighted by Gasteiger charge is -2.71. The Kier molecular flexibility index (Phi) is 19.8. The van der Waals surface area contributed by atoms with E-state index in [1.807, 2.05) is 26.0 Å². The number of fused-ring (bicyclic) bond motifs is 5. The molecule has 9 aliphatic rings. The maximum Gasteiger partial charge on any atom is 0.187 e. The van der Waals surface area contributed by atoms with Gasteiger partial charge in [0, 0.05) is 0 Å². The molecule has 1 unspecified atom stereocenters. The average Bonchev–Trinajstić information content (AvgIpc) is 1.28. The van der Waals surface area contributed by atoms with E-state index in [-0.39, 0.29) is 47.7 Å². The molecule has 33 atom stereocenters. The van der Waals surface area contributed by atoms with Gasteiger partial charge in [0.2, 0.25) is 0 Å². The first-order valence-electron chi connectivity index (χ1n) is 29.7. The zero-order valence-corrected chi connectivity index (χ0v) is 48.1. The minimum absolute atomic E-state index is 0.00526. The van der Waals surface area contributed by atoms with Crippen LogP contribution in [0, 0.1) is 50.7 Å². The highest BCUT2D eigenvalue weighted by molar-refractivity contribution is 5.21. The van der Waals surface area contributed by atoms with Crippen molar-refractivity contribution in [1.82, 2.24) is 0 Å². The second-order valence-corrected chi connectivity index (χ2v) is 27.1. The molecule has 0 spiro atoms. The monoisotopic (exact) mass is 1180 g/mol. The summed E-state index contributed by atoms with van der Waals surface area (Å²) in [5.74, 6) is -0.513. The van der Waals surface area contributed by atoms with Crippen LogP contribution >= 0.6 is 0 Å². The van der Waals surface area contributed by atoms with Gasteiger partial charge in [-0.2, -0.15) is 0 Å². The predicted molar refractivity (Wildman–Crippen MR) is 281 cm³/mol. The highest BCUT2D eigenvalue weighted by atomic mass is 16.8. The van der Waals surface area contributed by atoms with Gasteiger partial charge in [0.05, 0.1) is 51.3 Å². The molecule has 25 nitrogen and oxygen atoms in total. The summed E-state index contributed by atoms with van der Waals surface area (Å²) in [6.45, 7) is 12.4. The normalized spacial score (nSPS) is 54.2. The first-order chi connectivity index (χ1) is 38.6. The fourth-order valence-corrected chi connectivity index (χ4v) is 17.6. The van der Waals surface area contributed by atoms with Gasteiger partial charge in [0.1, 0.15) is 110 Å². The van der Waals surface area contributed by atoms with Crippen molar-refractivity contribution in [2.24, 2.45) is 50.7 Å². The Morgan fingerprint density at radius 1 is 0.524 bits per heavy atom. The lowest BCUT2D eigenvalue weighted by Crippen LogP contribution is -2.68. The van der Waals surface area contributed by atoms with Crippen LogP contribution < -0.4 is 0 Å². The van der Waals surface area contributed by atoms with Crippen LogP contribution in [0.25, 0.3) is 0 Å². The molecule has 0 aromatic rings. The van der Waals surface area contributed by atoms with Gasteiger partial charge >= 0.3 is 0 Å². The predicted octanol–water partition coefficient (Wildman–Crippen LogP) is -3.22. The smallest absolute Gasteiger partial charge is 0.187 e. The van der Waals surface area contributed by atoms with Crippen molar-refractivity contribution >= 4 is 0 Å². The number of hydrogen-bond donors (Lipinski definition) is 16. The van der Waals surface area contributed by atoms with Crippen molar-refractivity contribution in [2.45, 2.75) is 260 Å². The van der Waals surface area contributed by atoms with Gasteiger partial charge in [-0.05, 0) is 115 Å². The molecule has 0 radical (unpaired) electrons. The van der Waals surface area contributed by atoms with Gasteiger partial charge in [-0.1, -0.05) is 53.7 Å². The highest BCUT2D eigenvalue weighted by Gasteiger charge is 2.73. The second kappa shape index (κ2) is 25.0. The number of rotatable bonds is 16. The summed E-state index contributed by atoms with van der Waals surface area (Å²) in [4.78, 5) is 0. The van der Waals surface area contributed by atoms with Crippen LogP contribution in [0.3, 0.4) is 0 Å². The summed E-state index contributed by atoms with van der Waals surface area (Å²) >= 11 is 0. The minimum atomic E-state index is -1.88. The fraction of sp³-hybridized carbons (Fsp3) is 0.965. The van der Waals surface area contributed by atoms with E-state index < -0.39 is 189 Å². The third kappa shape index (κ3) is 11.1. The zero-order chi connectivity index (χ0) is 59.9. The SMILES string of the molecule is C/C=C/CC[C@](C)(C1O[C@H](CO[C@@H]2OC[C@@H](O)[C@H](O)[C@H]2O)[C@@H](O)[C@H](O)[C@H]1O)[C@H]1CC[C@]2(C)[C@@H]1[C@H](O)C[C@@H]1[C@@]3(C)CC[C@H](O[C@@H]4O[C@H](CO)[C@@H](O)[C@H](O)[C@H]4O[C@@H]4O[C@H](CO)[C@@H](O)[C@H](O)[C@H]4O[C@@H]4OC[C@@H](O)[C@H](O)[C@H]4O)C(C)(C)[C@@H]3CC[C@]12C. The van der Waals surface area contributed by atoms with E-state index >= 15 is 0 Å². The van der Waals surface area contributed by atoms with Crippen molar-refractivity contribution in [1.29, 1.82) is 0 Å². The van der Waals surface area contributed by atoms with E-state index in [4.69, 9.17) is 42.6 Å². The highest BCUT2D eigenvalue weighted by Crippen LogP contribution is 2.77. The number of allylic oxidation sites excluding steroid dienone is 2. The quantitative estimate of drug-likeness (QED) is 0.0534. The molecule has 0 bridgehead atoms. The summed E-state index contributed by atoms with van der Waals surface area (Å²) in [5.41, 5.74) is -2.64. The molecule has 16 N–H and O–H groups in total. The zero-order valence-electron chi connectivity index (χ0n) is 48.1. The Labute approximate surface area is 478 Å². The minimum Gasteiger partial charge on any atom is -0.394 e. The Balaban J connectivity index is 0.946. The lowest BCUT2D eigenvalue weighted by atomic mass is 9.35. The third-order valence-electron chi connectivity index (χ3n) is 22.5. The van der Waals surface area contributed by atoms with E-state index in [9.17, 15) is 81.7 Å². The van der Waals surface area contributed by atoms with E-state index in [0.29, 0.717) is 38.5 Å². The molecular formula is C57H96O25. The molecule has 5 saturated heterocycles. The Hall–Kier alpha value is -1.26. The topological polar surface area (TPSA) is 407 Å². The maximum atomic E-state index is 13.0. The molecule has 0 amide bonds. The maximum absolute atomic E-state index is 13.0. The number of aliphatic hydroxyl groups is 16. The van der Waals surface area contributed by atoms with Crippen LogP contribution in [-0.2, 0) is 42.6 Å². The van der Waals surface area contributed by atoms with Crippen LogP contribution in [0.4, 0.5) is 0 Å². The Bertz CT molecular complexity index is 2150. The molecule has 0 aromatic heterocycles. The summed E-state index contributed by atoms with van der Waals surface area (Å²) < 4.78 is 54.5. The van der Waals surface area contributed by atoms with Crippen molar-refractivity contribution in [2.75, 3.05) is 33.0 Å². The molecule has 4 aliphatic carbocycles. The molecule has 5 aliphatic heterocycles. The van der Waals surface area contributed by atoms with E-state index in [0.717, 1.165) is 19.3 Å². The summed E-state index contributed by atoms with van der Waals surface area (Å²) in [5, 5.41) is 176. The van der Waals surface area contributed by atoms with Crippen molar-refractivity contribution in [3.8, 4) is 0 Å². The van der Waals surface area contributed by atoms with E-state index in [1.165, 1.54) is 0 Å². The molecule has 474 valence electrons. The van der Waals surface area contributed by atoms with Crippen molar-refractivity contribution < 1.29 is 124 Å². The van der Waals surface area contributed by atoms with Gasteiger partial charge in [-0.25, -0.2) is 0 Å². The number of ether oxygens (including phenoxy) is 9. The van der Waals surface area contributed by atoms with Gasteiger partial charge in [0.15, 0.2) is 25.2 Å². The molecule has 5 heterocycles. The van der Waals surface area contributed by atoms with E-state index in [1.54, 1.807) is 0 Å². The summed E-state index contributed by atoms with van der Waals surface area (Å²) in [6.07, 6.45) is -28.0. The number of hydrogen-bond acceptors (Lipinski definition) is 25. The molecule has 9 fully saturated rings. The van der Waals surface area contributed by atoms with Crippen molar-refractivity contribution in [3.63, 3.8) is 0 Å². The molecule has 4 saturated carbocycles. The molecule has 25 heteroatoms. The molecule has 82 heavy (non-hydrogen) atoms. The van der Waals surface area contributed by atoms with Crippen LogP contribution in [0.2, 0.25) is 0 Å². The van der Waals surface area contributed by atoms with Gasteiger partial charge < -0.3 is 124 Å². The van der Waals surface area contributed by atoms with Gasteiger partial charge in [0.25, 0.3) is 0 Å². The third-order valence-corrected chi connectivity index (χ3v) is 22.5. The largest absolute Gasteiger partial charge is 0.394 e. The molecular weight excluding hydrogens is 1080 g/mol. The average molecular weight is 1180 g/mol. The van der Waals surface area contributed by atoms with Crippen LogP contribution in [0.5, 0.6) is 0 Å². The van der Waals surface area contributed by atoms with Crippen LogP contribution in [0.15, 0.2) is 12.2 Å². The first kappa shape index (κ1) is 65.2. The second-order valence-electron chi connectivity index (χ2n) is 27.1. The molecule has 9 rings (SSSR count). The standard InChI is InChI=1S/C57H96O25/c1-8-9-10-14-54(4,48-43(71)40(68)39(67)30(77-48)23-76-49-44(72)35(63)26(61)21-74-49)24-11-16-57(7)34(24)25(60)18-32-55(5)15-13-33(53(2,3)31(55)12-17-56(32,57)6)80-51-46(41(69)37(65)28(19-58)78-51)82-52-47(42(70)38(66)29(20-59)79-52)81-50-45(73)36(64)27(62)22-75-50/h8-9,24-52,58-73H,10-23H2,1-7H3/b9-8+/t24-,25+,26+,27+,28+,29+,30+,31-,32+,33-,34-,35-,36-,37+,38+,39+,40-,41-,42-,43+,44+,45+,46+,47+,48?,49-,50-,51-,52-,54-,55-,56+,57+/m0/s1. The number of aliphatic hydroxyl groups excluding tert-OH is 16. The van der Waals surface area contributed by atoms with Gasteiger partial charge in [-0.3, -0.25) is 0 Å². The van der Waals surface area contributed by atoms with Crippen LogP contribution in [-0.4, -0.2) is 268 Å². The molecule has 0 aromatic carbocycles. The fourth-order valence-electron chi connectivity index (χ4n) is 17.6. The van der Waals surface area contributed by atoms with Crippen molar-refractivity contribution in [3.05, 3.63) is 12.2 Å². The van der Waals surface area contributed by atoms with Gasteiger partial charge in [-0.15, -0.1) is 0 Å². The summed E-state index contributed by atoms with van der Waals surface area (Å²) in [7, 11) is 0. The first-order valence-corrected chi connectivity index (χ1v) is 29.7. The Morgan fingerprint density at radius 2 is 1.06 bits per heavy atom. The summed E-state index contributed by atoms with van der Waals surface area (Å²) in [6, 6.07) is 0. The van der Waals surface area contributed by atoms with E-state index in [2.05, 4.69) is 34.6 Å².